The molecule has 0 aliphatic heterocycles. The van der Waals surface area contributed by atoms with Crippen LogP contribution in [0.2, 0.25) is 0 Å². The van der Waals surface area contributed by atoms with Gasteiger partial charge in [-0.25, -0.2) is 0 Å². The molecule has 2 rings (SSSR count). The van der Waals surface area contributed by atoms with Crippen molar-refractivity contribution in [3.8, 4) is 5.75 Å². The Hall–Kier alpha value is -1.40. The molecule has 6 heteroatoms. The molecular formula is C11H8BrNO3S. The highest BCUT2D eigenvalue weighted by Crippen LogP contribution is 2.29. The van der Waals surface area contributed by atoms with E-state index < -0.39 is 4.92 Å². The zero-order chi connectivity index (χ0) is 12.3. The topological polar surface area (TPSA) is 52.4 Å². The molecule has 1 aromatic carbocycles. The molecule has 1 heterocycles. The molecule has 17 heavy (non-hydrogen) atoms. The molecule has 0 spiro atoms. The SMILES string of the molecule is O=[N+]([O-])c1ccccc1OCc1sccc1Br. The highest BCUT2D eigenvalue weighted by molar-refractivity contribution is 9.10. The number of para-hydroxylation sites is 2. The van der Waals surface area contributed by atoms with Crippen LogP contribution in [0, 0.1) is 10.1 Å². The molecule has 2 aromatic rings. The van der Waals surface area contributed by atoms with Crippen LogP contribution in [0.1, 0.15) is 4.88 Å². The minimum Gasteiger partial charge on any atom is -0.481 e. The number of rotatable bonds is 4. The van der Waals surface area contributed by atoms with E-state index in [4.69, 9.17) is 4.74 Å². The molecule has 0 saturated heterocycles. The van der Waals surface area contributed by atoms with Gasteiger partial charge in [-0.2, -0.15) is 0 Å². The number of hydrogen-bond donors (Lipinski definition) is 0. The lowest BCUT2D eigenvalue weighted by atomic mass is 10.3. The first kappa shape index (κ1) is 12.1. The van der Waals surface area contributed by atoms with E-state index in [1.165, 1.54) is 6.07 Å². The monoisotopic (exact) mass is 313 g/mol. The quantitative estimate of drug-likeness (QED) is 0.633. The summed E-state index contributed by atoms with van der Waals surface area (Å²) in [5.41, 5.74) is -0.0137. The van der Waals surface area contributed by atoms with Gasteiger partial charge < -0.3 is 4.74 Å². The lowest BCUT2D eigenvalue weighted by Gasteiger charge is -2.05. The van der Waals surface area contributed by atoms with Gasteiger partial charge in [0.1, 0.15) is 6.61 Å². The number of thiophene rings is 1. The fourth-order valence-electron chi connectivity index (χ4n) is 1.30. The Morgan fingerprint density at radius 2 is 2.12 bits per heavy atom. The molecule has 0 saturated carbocycles. The van der Waals surface area contributed by atoms with Crippen molar-refractivity contribution in [3.05, 3.63) is 55.2 Å². The van der Waals surface area contributed by atoms with E-state index in [9.17, 15) is 10.1 Å². The number of halogens is 1. The van der Waals surface area contributed by atoms with E-state index >= 15 is 0 Å². The second-order valence-electron chi connectivity index (χ2n) is 3.21. The molecule has 0 fully saturated rings. The third-order valence-corrected chi connectivity index (χ3v) is 4.01. The summed E-state index contributed by atoms with van der Waals surface area (Å²) >= 11 is 4.93. The molecule has 0 aliphatic rings. The molecule has 0 aliphatic carbocycles. The maximum absolute atomic E-state index is 10.8. The van der Waals surface area contributed by atoms with Crippen LogP contribution < -0.4 is 4.74 Å². The molecule has 4 nitrogen and oxygen atoms in total. The van der Waals surface area contributed by atoms with Gasteiger partial charge in [-0.3, -0.25) is 10.1 Å². The van der Waals surface area contributed by atoms with Crippen LogP contribution in [-0.4, -0.2) is 4.92 Å². The lowest BCUT2D eigenvalue weighted by molar-refractivity contribution is -0.385. The van der Waals surface area contributed by atoms with Gasteiger partial charge in [0.25, 0.3) is 0 Å². The molecule has 1 aromatic heterocycles. The van der Waals surface area contributed by atoms with E-state index in [2.05, 4.69) is 15.9 Å². The van der Waals surface area contributed by atoms with Crippen LogP contribution in [0.3, 0.4) is 0 Å². The van der Waals surface area contributed by atoms with Gasteiger partial charge in [0.2, 0.25) is 0 Å². The minimum atomic E-state index is -0.446. The maximum atomic E-state index is 10.8. The van der Waals surface area contributed by atoms with Gasteiger partial charge in [0, 0.05) is 10.5 Å². The van der Waals surface area contributed by atoms with Crippen molar-refractivity contribution in [1.29, 1.82) is 0 Å². The molecule has 0 atom stereocenters. The first-order chi connectivity index (χ1) is 8.18. The standard InChI is InChI=1S/C11H8BrNO3S/c12-8-5-6-17-11(8)7-16-10-4-2-1-3-9(10)13(14)15/h1-6H,7H2. The van der Waals surface area contributed by atoms with Crippen LogP contribution in [0.25, 0.3) is 0 Å². The summed E-state index contributed by atoms with van der Waals surface area (Å²) in [5.74, 6) is 0.290. The van der Waals surface area contributed by atoms with Gasteiger partial charge in [-0.15, -0.1) is 11.3 Å². The van der Waals surface area contributed by atoms with E-state index in [1.54, 1.807) is 29.5 Å². The van der Waals surface area contributed by atoms with Crippen molar-refractivity contribution in [2.75, 3.05) is 0 Å². The van der Waals surface area contributed by atoms with Gasteiger partial charge in [0.15, 0.2) is 5.75 Å². The average Bonchev–Trinajstić information content (AvgIpc) is 2.72. The number of benzene rings is 1. The summed E-state index contributed by atoms with van der Waals surface area (Å²) in [7, 11) is 0. The highest BCUT2D eigenvalue weighted by atomic mass is 79.9. The Morgan fingerprint density at radius 3 is 2.76 bits per heavy atom. The van der Waals surface area contributed by atoms with E-state index in [-0.39, 0.29) is 11.4 Å². The molecule has 0 radical (unpaired) electrons. The summed E-state index contributed by atoms with van der Waals surface area (Å²) in [4.78, 5) is 11.3. The van der Waals surface area contributed by atoms with Crippen LogP contribution in [0.15, 0.2) is 40.2 Å². The third kappa shape index (κ3) is 2.83. The molecule has 0 amide bonds. The molecule has 88 valence electrons. The lowest BCUT2D eigenvalue weighted by Crippen LogP contribution is -1.97. The smallest absolute Gasteiger partial charge is 0.310 e. The normalized spacial score (nSPS) is 10.2. The molecular weight excluding hydrogens is 306 g/mol. The third-order valence-electron chi connectivity index (χ3n) is 2.11. The second-order valence-corrected chi connectivity index (χ2v) is 5.06. The minimum absolute atomic E-state index is 0.0137. The Bertz CT molecular complexity index is 541. The number of hydrogen-bond acceptors (Lipinski definition) is 4. The number of nitro groups is 1. The molecule has 0 N–H and O–H groups in total. The predicted molar refractivity (Wildman–Crippen MR) is 69.4 cm³/mol. The van der Waals surface area contributed by atoms with Crippen molar-refractivity contribution in [1.82, 2.24) is 0 Å². The number of nitro benzene ring substituents is 1. The Balaban J connectivity index is 2.14. The van der Waals surface area contributed by atoms with Gasteiger partial charge in [-0.05, 0) is 33.4 Å². The summed E-state index contributed by atoms with van der Waals surface area (Å²) in [6.45, 7) is 0.323. The predicted octanol–water partition coefficient (Wildman–Crippen LogP) is 4.00. The van der Waals surface area contributed by atoms with Gasteiger partial charge in [-0.1, -0.05) is 12.1 Å². The van der Waals surface area contributed by atoms with Gasteiger partial charge >= 0.3 is 5.69 Å². The summed E-state index contributed by atoms with van der Waals surface area (Å²) in [5, 5.41) is 12.7. The fourth-order valence-corrected chi connectivity index (χ4v) is 2.68. The first-order valence-corrected chi connectivity index (χ1v) is 6.44. The van der Waals surface area contributed by atoms with Crippen molar-refractivity contribution < 1.29 is 9.66 Å². The largest absolute Gasteiger partial charge is 0.481 e. The fraction of sp³-hybridized carbons (Fsp3) is 0.0909. The Kier molecular flexibility index (Phi) is 3.75. The first-order valence-electron chi connectivity index (χ1n) is 4.76. The number of nitrogens with zero attached hydrogens (tertiary/aromatic N) is 1. The van der Waals surface area contributed by atoms with E-state index in [0.29, 0.717) is 6.61 Å². The maximum Gasteiger partial charge on any atom is 0.310 e. The van der Waals surface area contributed by atoms with Crippen LogP contribution in [0.5, 0.6) is 5.75 Å². The summed E-state index contributed by atoms with van der Waals surface area (Å²) in [6, 6.07) is 8.28. The van der Waals surface area contributed by atoms with Crippen LogP contribution >= 0.6 is 27.3 Å². The Labute approximate surface area is 110 Å². The average molecular weight is 314 g/mol. The van der Waals surface area contributed by atoms with Crippen molar-refractivity contribution in [2.24, 2.45) is 0 Å². The van der Waals surface area contributed by atoms with Crippen LogP contribution in [-0.2, 0) is 6.61 Å². The Morgan fingerprint density at radius 1 is 1.35 bits per heavy atom. The zero-order valence-electron chi connectivity index (χ0n) is 8.63. The number of ether oxygens (including phenoxy) is 1. The van der Waals surface area contributed by atoms with Crippen LogP contribution in [0.4, 0.5) is 5.69 Å². The van der Waals surface area contributed by atoms with Crippen molar-refractivity contribution >= 4 is 33.0 Å². The van der Waals surface area contributed by atoms with E-state index in [0.717, 1.165) is 9.35 Å². The summed E-state index contributed by atoms with van der Waals surface area (Å²) < 4.78 is 6.42. The molecule has 0 unspecified atom stereocenters. The summed E-state index contributed by atoms with van der Waals surface area (Å²) in [6.07, 6.45) is 0. The van der Waals surface area contributed by atoms with Crippen molar-refractivity contribution in [3.63, 3.8) is 0 Å². The zero-order valence-corrected chi connectivity index (χ0v) is 11.0. The van der Waals surface area contributed by atoms with Gasteiger partial charge in [0.05, 0.1) is 9.80 Å². The molecule has 0 bridgehead atoms. The van der Waals surface area contributed by atoms with E-state index in [1.807, 2.05) is 11.4 Å². The second kappa shape index (κ2) is 5.29. The highest BCUT2D eigenvalue weighted by Gasteiger charge is 2.14. The van der Waals surface area contributed by atoms with Crippen molar-refractivity contribution in [2.45, 2.75) is 6.61 Å².